The van der Waals surface area contributed by atoms with Gasteiger partial charge in [-0.15, -0.1) is 0 Å². The van der Waals surface area contributed by atoms with E-state index in [9.17, 15) is 19.0 Å². The predicted molar refractivity (Wildman–Crippen MR) is 353 cm³/mol. The van der Waals surface area contributed by atoms with Gasteiger partial charge >= 0.3 is 19.8 Å². The Labute approximate surface area is 508 Å². The van der Waals surface area contributed by atoms with E-state index in [1.807, 2.05) is 21.1 Å². The summed E-state index contributed by atoms with van der Waals surface area (Å²) in [6.07, 6.45) is 84.3. The molecule has 0 radical (unpaired) electrons. The number of phosphoric acid groups is 1. The standard InChI is InChI=1S/C72H132NO8P/c1-6-8-10-12-14-16-18-20-22-24-26-28-30-32-34-36-38-40-42-44-46-48-50-52-54-56-58-60-62-64-71(74)78-68-70(69-80-82(76,77)79-67-66-73(3,4)5)81-72(75)65-63-61-59-57-55-53-51-49-47-45-43-41-39-37-35-33-31-29-27-25-23-21-19-17-15-13-11-9-7-2/h9,11,15,17-18,20-21,23-24,26-27,29,70H,6-8,10,12-14,16,19,22,25,28,30-69H2,1-5H3/p+1/b11-9-,17-15-,20-18-,23-21-,26-24-,29-27-. The van der Waals surface area contributed by atoms with Crippen LogP contribution in [0.25, 0.3) is 0 Å². The molecular formula is C72H133NO8P+. The third-order valence-corrected chi connectivity index (χ3v) is 16.2. The average molecular weight is 1170 g/mol. The number of quaternary nitrogens is 1. The topological polar surface area (TPSA) is 108 Å². The molecule has 82 heavy (non-hydrogen) atoms. The molecule has 0 saturated carbocycles. The molecule has 0 saturated heterocycles. The summed E-state index contributed by atoms with van der Waals surface area (Å²) in [5.41, 5.74) is 0. The van der Waals surface area contributed by atoms with Crippen LogP contribution in [-0.4, -0.2) is 74.9 Å². The Bertz CT molecular complexity index is 1610. The third-order valence-electron chi connectivity index (χ3n) is 15.2. The van der Waals surface area contributed by atoms with Crippen molar-refractivity contribution in [2.45, 2.75) is 328 Å². The quantitative estimate of drug-likeness (QED) is 0.0211. The van der Waals surface area contributed by atoms with Crippen LogP contribution < -0.4 is 0 Å². The Morgan fingerprint density at radius 2 is 0.695 bits per heavy atom. The van der Waals surface area contributed by atoms with Crippen LogP contribution >= 0.6 is 7.82 Å². The largest absolute Gasteiger partial charge is 0.472 e. The number of rotatable bonds is 64. The molecule has 0 spiro atoms. The lowest BCUT2D eigenvalue weighted by Gasteiger charge is -2.24. The Balaban J connectivity index is 4.03. The summed E-state index contributed by atoms with van der Waals surface area (Å²) in [7, 11) is 1.49. The fraction of sp³-hybridized carbons (Fsp3) is 0.806. The van der Waals surface area contributed by atoms with Crippen LogP contribution in [0.1, 0.15) is 322 Å². The lowest BCUT2D eigenvalue weighted by molar-refractivity contribution is -0.870. The number of phosphoric ester groups is 1. The van der Waals surface area contributed by atoms with Crippen LogP contribution in [0.4, 0.5) is 0 Å². The number of hydrogen-bond acceptors (Lipinski definition) is 7. The molecule has 0 heterocycles. The van der Waals surface area contributed by atoms with Gasteiger partial charge in [0, 0.05) is 12.8 Å². The van der Waals surface area contributed by atoms with Gasteiger partial charge in [0.05, 0.1) is 27.7 Å². The second-order valence-electron chi connectivity index (χ2n) is 24.5. The number of allylic oxidation sites excluding steroid dienone is 12. The van der Waals surface area contributed by atoms with E-state index in [1.165, 1.54) is 225 Å². The van der Waals surface area contributed by atoms with Crippen molar-refractivity contribution < 1.29 is 42.1 Å². The van der Waals surface area contributed by atoms with E-state index in [-0.39, 0.29) is 25.6 Å². The van der Waals surface area contributed by atoms with Crippen molar-refractivity contribution in [3.63, 3.8) is 0 Å². The van der Waals surface area contributed by atoms with Crippen molar-refractivity contribution in [3.8, 4) is 0 Å². The fourth-order valence-electron chi connectivity index (χ4n) is 9.92. The molecule has 2 unspecified atom stereocenters. The molecular weight excluding hydrogens is 1040 g/mol. The third kappa shape index (κ3) is 66.6. The van der Waals surface area contributed by atoms with Crippen molar-refractivity contribution in [1.29, 1.82) is 0 Å². The minimum Gasteiger partial charge on any atom is -0.462 e. The van der Waals surface area contributed by atoms with Crippen molar-refractivity contribution in [3.05, 3.63) is 72.9 Å². The second-order valence-corrected chi connectivity index (χ2v) is 26.0. The summed E-state index contributed by atoms with van der Waals surface area (Å²) < 4.78 is 34.7. The molecule has 0 aliphatic rings. The van der Waals surface area contributed by atoms with Crippen molar-refractivity contribution in [2.75, 3.05) is 47.5 Å². The van der Waals surface area contributed by atoms with Gasteiger partial charge in [-0.2, -0.15) is 0 Å². The van der Waals surface area contributed by atoms with E-state index in [2.05, 4.69) is 86.8 Å². The summed E-state index contributed by atoms with van der Waals surface area (Å²) in [5, 5.41) is 0. The lowest BCUT2D eigenvalue weighted by atomic mass is 10.0. The Morgan fingerprint density at radius 1 is 0.390 bits per heavy atom. The summed E-state index contributed by atoms with van der Waals surface area (Å²) >= 11 is 0. The SMILES string of the molecule is CC/C=C\C/C=C\C/C=C\C/C=C\CCCCCCCCCCCCCCCCCCC(=O)OC(COC(=O)CCCCCCCCCCCCCCCCCCC/C=C\C/C=C\CCCCCCC)COP(=O)(O)OCC[N+](C)(C)C. The summed E-state index contributed by atoms with van der Waals surface area (Å²) in [4.78, 5) is 35.9. The van der Waals surface area contributed by atoms with Gasteiger partial charge in [0.25, 0.3) is 0 Å². The van der Waals surface area contributed by atoms with Crippen molar-refractivity contribution in [1.82, 2.24) is 0 Å². The number of ether oxygens (including phenoxy) is 2. The summed E-state index contributed by atoms with van der Waals surface area (Å²) in [6.45, 7) is 4.36. The Morgan fingerprint density at radius 3 is 1.04 bits per heavy atom. The normalized spacial score (nSPS) is 13.6. The van der Waals surface area contributed by atoms with Crippen molar-refractivity contribution in [2.24, 2.45) is 0 Å². The summed E-state index contributed by atoms with van der Waals surface area (Å²) in [5.74, 6) is -0.784. The van der Waals surface area contributed by atoms with E-state index >= 15 is 0 Å². The first kappa shape index (κ1) is 79.5. The van der Waals surface area contributed by atoms with E-state index in [4.69, 9.17) is 18.5 Å². The number of carbonyl (C=O) groups excluding carboxylic acids is 2. The fourth-order valence-corrected chi connectivity index (χ4v) is 10.7. The van der Waals surface area contributed by atoms with E-state index in [0.29, 0.717) is 23.9 Å². The first-order valence-electron chi connectivity index (χ1n) is 34.7. The Kier molecular flexibility index (Phi) is 61.0. The maximum Gasteiger partial charge on any atom is 0.472 e. The number of hydrogen-bond donors (Lipinski definition) is 1. The zero-order valence-corrected chi connectivity index (χ0v) is 55.4. The molecule has 2 atom stereocenters. The van der Waals surface area contributed by atoms with Gasteiger partial charge in [-0.25, -0.2) is 4.57 Å². The first-order valence-corrected chi connectivity index (χ1v) is 36.2. The molecule has 0 bridgehead atoms. The molecule has 478 valence electrons. The average Bonchev–Trinajstić information content (AvgIpc) is 3.45. The zero-order valence-electron chi connectivity index (χ0n) is 54.5. The highest BCUT2D eigenvalue weighted by Crippen LogP contribution is 2.43. The van der Waals surface area contributed by atoms with Crippen LogP contribution in [-0.2, 0) is 32.7 Å². The van der Waals surface area contributed by atoms with Gasteiger partial charge in [0.1, 0.15) is 19.8 Å². The van der Waals surface area contributed by atoms with E-state index in [1.54, 1.807) is 0 Å². The molecule has 9 nitrogen and oxygen atoms in total. The van der Waals surface area contributed by atoms with Gasteiger partial charge in [-0.05, 0) is 83.5 Å². The number of esters is 2. The van der Waals surface area contributed by atoms with Crippen LogP contribution in [0.2, 0.25) is 0 Å². The maximum absolute atomic E-state index is 12.9. The minimum atomic E-state index is -4.39. The smallest absolute Gasteiger partial charge is 0.462 e. The molecule has 0 aromatic carbocycles. The molecule has 0 aliphatic carbocycles. The van der Waals surface area contributed by atoms with Crippen LogP contribution in [0.3, 0.4) is 0 Å². The van der Waals surface area contributed by atoms with Gasteiger partial charge < -0.3 is 18.9 Å². The predicted octanol–water partition coefficient (Wildman–Crippen LogP) is 22.4. The van der Waals surface area contributed by atoms with Crippen LogP contribution in [0.15, 0.2) is 72.9 Å². The number of carbonyl (C=O) groups is 2. The highest BCUT2D eigenvalue weighted by molar-refractivity contribution is 7.47. The monoisotopic (exact) mass is 1170 g/mol. The molecule has 0 aliphatic heterocycles. The van der Waals surface area contributed by atoms with E-state index in [0.717, 1.165) is 64.2 Å². The highest BCUT2D eigenvalue weighted by atomic mass is 31.2. The number of nitrogens with zero attached hydrogens (tertiary/aromatic N) is 1. The molecule has 0 rings (SSSR count). The van der Waals surface area contributed by atoms with E-state index < -0.39 is 26.5 Å². The highest BCUT2D eigenvalue weighted by Gasteiger charge is 2.27. The molecule has 1 N–H and O–H groups in total. The number of likely N-dealkylation sites (N-methyl/N-ethyl adjacent to an activating group) is 1. The summed E-state index contributed by atoms with van der Waals surface area (Å²) in [6, 6.07) is 0. The van der Waals surface area contributed by atoms with Gasteiger partial charge in [-0.1, -0.05) is 299 Å². The van der Waals surface area contributed by atoms with Crippen LogP contribution in [0.5, 0.6) is 0 Å². The lowest BCUT2D eigenvalue weighted by Crippen LogP contribution is -2.37. The van der Waals surface area contributed by atoms with Crippen LogP contribution in [0, 0.1) is 0 Å². The molecule has 0 amide bonds. The molecule has 0 aromatic rings. The first-order chi connectivity index (χ1) is 40.0. The zero-order chi connectivity index (χ0) is 59.8. The van der Waals surface area contributed by atoms with Crippen molar-refractivity contribution >= 4 is 19.8 Å². The minimum absolute atomic E-state index is 0.0316. The van der Waals surface area contributed by atoms with Gasteiger partial charge in [-0.3, -0.25) is 18.6 Å². The van der Waals surface area contributed by atoms with Gasteiger partial charge in [0.15, 0.2) is 6.10 Å². The number of unbranched alkanes of at least 4 members (excludes halogenated alkanes) is 38. The maximum atomic E-state index is 12.9. The molecule has 0 fully saturated rings. The van der Waals surface area contributed by atoms with Gasteiger partial charge in [0.2, 0.25) is 0 Å². The second kappa shape index (κ2) is 63.0. The Hall–Kier alpha value is -2.55. The molecule has 0 aromatic heterocycles. The molecule has 10 heteroatoms.